The SMILES string of the molecule is C[C@@H]1CN(c2ccc(C#N)c3nccnc23)C[C@@H]1NC(=O)[C@@H](O)C1CC1. The minimum Gasteiger partial charge on any atom is -0.383 e. The summed E-state index contributed by atoms with van der Waals surface area (Å²) in [5, 5.41) is 22.3. The third kappa shape index (κ3) is 2.97. The number of amides is 1. The Bertz CT molecular complexity index is 889. The molecule has 1 aliphatic carbocycles. The van der Waals surface area contributed by atoms with Crippen LogP contribution in [0.4, 0.5) is 5.69 Å². The van der Waals surface area contributed by atoms with E-state index in [9.17, 15) is 15.2 Å². The summed E-state index contributed by atoms with van der Waals surface area (Å²) >= 11 is 0. The van der Waals surface area contributed by atoms with Crippen LogP contribution in [0.25, 0.3) is 11.0 Å². The highest BCUT2D eigenvalue weighted by Crippen LogP contribution is 2.33. The average Bonchev–Trinajstić information content (AvgIpc) is 3.44. The lowest BCUT2D eigenvalue weighted by molar-refractivity contribution is -0.131. The summed E-state index contributed by atoms with van der Waals surface area (Å²) in [5.74, 6) is 0.101. The molecule has 3 atom stereocenters. The first-order valence-corrected chi connectivity index (χ1v) is 8.95. The van der Waals surface area contributed by atoms with Gasteiger partial charge >= 0.3 is 0 Å². The molecule has 1 aliphatic heterocycles. The van der Waals surface area contributed by atoms with Crippen molar-refractivity contribution < 1.29 is 9.90 Å². The summed E-state index contributed by atoms with van der Waals surface area (Å²) in [6.07, 6.45) is 4.17. The maximum absolute atomic E-state index is 12.2. The Labute approximate surface area is 151 Å². The lowest BCUT2D eigenvalue weighted by atomic mass is 10.1. The Balaban J connectivity index is 1.55. The minimum atomic E-state index is -0.891. The molecule has 7 heteroatoms. The zero-order chi connectivity index (χ0) is 18.3. The van der Waals surface area contributed by atoms with Gasteiger partial charge in [-0.15, -0.1) is 0 Å². The summed E-state index contributed by atoms with van der Waals surface area (Å²) in [7, 11) is 0. The molecule has 0 unspecified atom stereocenters. The summed E-state index contributed by atoms with van der Waals surface area (Å²) in [6, 6.07) is 5.78. The van der Waals surface area contributed by atoms with E-state index in [1.54, 1.807) is 18.5 Å². The number of aliphatic hydroxyl groups is 1. The molecule has 1 aromatic heterocycles. The number of hydrogen-bond acceptors (Lipinski definition) is 6. The van der Waals surface area contributed by atoms with Crippen LogP contribution in [0.5, 0.6) is 0 Å². The van der Waals surface area contributed by atoms with Gasteiger partial charge in [0, 0.05) is 25.5 Å². The number of fused-ring (bicyclic) bond motifs is 1. The molecule has 7 nitrogen and oxygen atoms in total. The highest BCUT2D eigenvalue weighted by atomic mass is 16.3. The fraction of sp³-hybridized carbons (Fsp3) is 0.474. The number of benzene rings is 1. The van der Waals surface area contributed by atoms with E-state index in [4.69, 9.17) is 0 Å². The zero-order valence-corrected chi connectivity index (χ0v) is 14.6. The van der Waals surface area contributed by atoms with Gasteiger partial charge in [0.25, 0.3) is 0 Å². The van der Waals surface area contributed by atoms with Crippen molar-refractivity contribution in [2.24, 2.45) is 11.8 Å². The van der Waals surface area contributed by atoms with E-state index in [1.165, 1.54) is 0 Å². The second-order valence-corrected chi connectivity index (χ2v) is 7.28. The predicted molar refractivity (Wildman–Crippen MR) is 96.3 cm³/mol. The van der Waals surface area contributed by atoms with Gasteiger partial charge in [0.2, 0.25) is 5.91 Å². The van der Waals surface area contributed by atoms with Gasteiger partial charge in [-0.25, -0.2) is 0 Å². The maximum Gasteiger partial charge on any atom is 0.249 e. The third-order valence-electron chi connectivity index (χ3n) is 5.34. The van der Waals surface area contributed by atoms with Gasteiger partial charge in [-0.3, -0.25) is 14.8 Å². The van der Waals surface area contributed by atoms with E-state index < -0.39 is 6.10 Å². The number of nitrogens with one attached hydrogen (secondary N) is 1. The van der Waals surface area contributed by atoms with Crippen LogP contribution in [0.3, 0.4) is 0 Å². The third-order valence-corrected chi connectivity index (χ3v) is 5.34. The molecule has 2 fully saturated rings. The summed E-state index contributed by atoms with van der Waals surface area (Å²) in [5.41, 5.74) is 2.71. The molecule has 2 N–H and O–H groups in total. The van der Waals surface area contributed by atoms with E-state index >= 15 is 0 Å². The average molecular weight is 351 g/mol. The maximum atomic E-state index is 12.2. The smallest absolute Gasteiger partial charge is 0.249 e. The summed E-state index contributed by atoms with van der Waals surface area (Å²) in [6.45, 7) is 3.50. The van der Waals surface area contributed by atoms with Gasteiger partial charge in [0.1, 0.15) is 23.2 Å². The van der Waals surface area contributed by atoms with Crippen molar-refractivity contribution >= 4 is 22.6 Å². The van der Waals surface area contributed by atoms with Gasteiger partial charge in [0.15, 0.2) is 0 Å². The fourth-order valence-electron chi connectivity index (χ4n) is 3.63. The van der Waals surface area contributed by atoms with Crippen LogP contribution >= 0.6 is 0 Å². The molecule has 134 valence electrons. The molecule has 1 saturated heterocycles. The van der Waals surface area contributed by atoms with Crippen LogP contribution in [0.1, 0.15) is 25.3 Å². The molecule has 0 bridgehead atoms. The topological polar surface area (TPSA) is 102 Å². The molecule has 2 heterocycles. The first kappa shape index (κ1) is 16.7. The normalized spacial score (nSPS) is 23.7. The minimum absolute atomic E-state index is 0.0294. The van der Waals surface area contributed by atoms with E-state index in [-0.39, 0.29) is 23.8 Å². The first-order valence-electron chi connectivity index (χ1n) is 8.95. The molecule has 1 amide bonds. The predicted octanol–water partition coefficient (Wildman–Crippen LogP) is 1.21. The fourth-order valence-corrected chi connectivity index (χ4v) is 3.63. The van der Waals surface area contributed by atoms with Crippen molar-refractivity contribution in [3.63, 3.8) is 0 Å². The van der Waals surface area contributed by atoms with E-state index in [0.717, 1.165) is 25.1 Å². The van der Waals surface area contributed by atoms with Crippen molar-refractivity contribution in [2.45, 2.75) is 31.9 Å². The van der Waals surface area contributed by atoms with Crippen LogP contribution in [0.2, 0.25) is 0 Å². The largest absolute Gasteiger partial charge is 0.383 e. The summed E-state index contributed by atoms with van der Waals surface area (Å²) in [4.78, 5) is 23.1. The number of nitriles is 1. The van der Waals surface area contributed by atoms with E-state index in [1.807, 2.05) is 6.07 Å². The second kappa shape index (κ2) is 6.54. The standard InChI is InChI=1S/C19H21N5O2/c1-11-9-24(10-14(11)23-19(26)18(25)12-2-3-12)15-5-4-13(8-20)16-17(15)22-7-6-21-16/h4-7,11-12,14,18,25H,2-3,9-10H2,1H3,(H,23,26)/t11-,14+,18+/m1/s1. The lowest BCUT2D eigenvalue weighted by Crippen LogP contribution is -2.45. The van der Waals surface area contributed by atoms with Gasteiger partial charge in [0.05, 0.1) is 17.3 Å². The van der Waals surface area contributed by atoms with Crippen LogP contribution in [-0.2, 0) is 4.79 Å². The molecule has 0 spiro atoms. The molecule has 26 heavy (non-hydrogen) atoms. The quantitative estimate of drug-likeness (QED) is 0.858. The molecule has 2 aromatic rings. The van der Waals surface area contributed by atoms with E-state index in [0.29, 0.717) is 23.1 Å². The number of rotatable bonds is 4. The monoisotopic (exact) mass is 351 g/mol. The number of carbonyl (C=O) groups excluding carboxylic acids is 1. The number of carbonyl (C=O) groups is 1. The molecule has 2 aliphatic rings. The van der Waals surface area contributed by atoms with Crippen LogP contribution in [0.15, 0.2) is 24.5 Å². The number of aromatic nitrogens is 2. The van der Waals surface area contributed by atoms with Crippen LogP contribution in [-0.4, -0.2) is 46.2 Å². The Kier molecular flexibility index (Phi) is 4.21. The van der Waals surface area contributed by atoms with Crippen molar-refractivity contribution in [1.82, 2.24) is 15.3 Å². The Morgan fingerprint density at radius 1 is 1.31 bits per heavy atom. The molecule has 1 saturated carbocycles. The number of aliphatic hydroxyl groups excluding tert-OH is 1. The molecular weight excluding hydrogens is 330 g/mol. The zero-order valence-electron chi connectivity index (χ0n) is 14.6. The van der Waals surface area contributed by atoms with Crippen molar-refractivity contribution in [3.05, 3.63) is 30.1 Å². The molecule has 0 radical (unpaired) electrons. The molecule has 1 aromatic carbocycles. The lowest BCUT2D eigenvalue weighted by Gasteiger charge is -2.21. The highest BCUT2D eigenvalue weighted by molar-refractivity contribution is 5.92. The first-order chi connectivity index (χ1) is 12.6. The van der Waals surface area contributed by atoms with Crippen LogP contribution < -0.4 is 10.2 Å². The number of nitrogens with zero attached hydrogens (tertiary/aromatic N) is 4. The van der Waals surface area contributed by atoms with Crippen molar-refractivity contribution in [3.8, 4) is 6.07 Å². The Morgan fingerprint density at radius 3 is 2.73 bits per heavy atom. The van der Waals surface area contributed by atoms with Crippen molar-refractivity contribution in [2.75, 3.05) is 18.0 Å². The number of anilines is 1. The van der Waals surface area contributed by atoms with Crippen molar-refractivity contribution in [1.29, 1.82) is 5.26 Å². The highest BCUT2D eigenvalue weighted by Gasteiger charge is 2.38. The number of hydrogen-bond donors (Lipinski definition) is 2. The summed E-state index contributed by atoms with van der Waals surface area (Å²) < 4.78 is 0. The Morgan fingerprint density at radius 2 is 2.04 bits per heavy atom. The van der Waals surface area contributed by atoms with Gasteiger partial charge in [-0.1, -0.05) is 6.92 Å². The van der Waals surface area contributed by atoms with Gasteiger partial charge < -0.3 is 15.3 Å². The van der Waals surface area contributed by atoms with E-state index in [2.05, 4.69) is 33.2 Å². The molecular formula is C19H21N5O2. The van der Waals surface area contributed by atoms with Gasteiger partial charge in [-0.05, 0) is 36.8 Å². The second-order valence-electron chi connectivity index (χ2n) is 7.28. The van der Waals surface area contributed by atoms with Crippen LogP contribution in [0, 0.1) is 23.2 Å². The van der Waals surface area contributed by atoms with Gasteiger partial charge in [-0.2, -0.15) is 5.26 Å². The Hall–Kier alpha value is -2.72. The molecule has 4 rings (SSSR count).